The minimum Gasteiger partial charge on any atom is -0.373 e. The quantitative estimate of drug-likeness (QED) is 0.873. The first kappa shape index (κ1) is 14.8. The lowest BCUT2D eigenvalue weighted by Crippen LogP contribution is -2.42. The van der Waals surface area contributed by atoms with Gasteiger partial charge >= 0.3 is 0 Å². The minimum absolute atomic E-state index is 0.102. The lowest BCUT2D eigenvalue weighted by atomic mass is 9.90. The molecule has 1 aromatic heterocycles. The van der Waals surface area contributed by atoms with Crippen molar-refractivity contribution in [2.45, 2.75) is 58.2 Å². The highest BCUT2D eigenvalue weighted by Gasteiger charge is 2.41. The van der Waals surface area contributed by atoms with E-state index in [9.17, 15) is 0 Å². The van der Waals surface area contributed by atoms with Crippen LogP contribution in [0.3, 0.4) is 0 Å². The molecule has 0 aliphatic carbocycles. The molecule has 1 aromatic rings. The molecule has 1 aliphatic heterocycles. The molecule has 108 valence electrons. The van der Waals surface area contributed by atoms with Crippen molar-refractivity contribution < 1.29 is 4.74 Å². The molecule has 1 N–H and O–H groups in total. The Morgan fingerprint density at radius 2 is 2.37 bits per heavy atom. The van der Waals surface area contributed by atoms with Gasteiger partial charge in [-0.2, -0.15) is 5.10 Å². The van der Waals surface area contributed by atoms with Gasteiger partial charge in [0.25, 0.3) is 0 Å². The largest absolute Gasteiger partial charge is 0.373 e. The molecule has 0 saturated carbocycles. The Balaban J connectivity index is 2.33. The van der Waals surface area contributed by atoms with Crippen LogP contribution in [-0.4, -0.2) is 28.5 Å². The van der Waals surface area contributed by atoms with Crippen LogP contribution in [0.1, 0.15) is 51.8 Å². The summed E-state index contributed by atoms with van der Waals surface area (Å²) < 4.78 is 7.99. The van der Waals surface area contributed by atoms with Crippen molar-refractivity contribution in [1.29, 1.82) is 0 Å². The van der Waals surface area contributed by atoms with E-state index in [4.69, 9.17) is 16.3 Å². The fourth-order valence-corrected chi connectivity index (χ4v) is 3.08. The van der Waals surface area contributed by atoms with Gasteiger partial charge in [-0.05, 0) is 39.7 Å². The summed E-state index contributed by atoms with van der Waals surface area (Å²) in [4.78, 5) is 0. The molecule has 0 spiro atoms. The Morgan fingerprint density at radius 3 is 2.95 bits per heavy atom. The van der Waals surface area contributed by atoms with E-state index >= 15 is 0 Å². The van der Waals surface area contributed by atoms with Crippen molar-refractivity contribution in [3.05, 3.63) is 16.9 Å². The van der Waals surface area contributed by atoms with Gasteiger partial charge in [-0.15, -0.1) is 0 Å². The summed E-state index contributed by atoms with van der Waals surface area (Å²) in [5.74, 6) is 0. The molecule has 2 atom stereocenters. The van der Waals surface area contributed by atoms with Crippen LogP contribution >= 0.6 is 11.6 Å². The summed E-state index contributed by atoms with van der Waals surface area (Å²) in [5, 5.41) is 8.68. The van der Waals surface area contributed by atoms with E-state index in [2.05, 4.69) is 31.2 Å². The molecule has 19 heavy (non-hydrogen) atoms. The number of hydrogen-bond acceptors (Lipinski definition) is 3. The van der Waals surface area contributed by atoms with Crippen molar-refractivity contribution in [3.63, 3.8) is 0 Å². The summed E-state index contributed by atoms with van der Waals surface area (Å²) in [7, 11) is 0. The van der Waals surface area contributed by atoms with Crippen LogP contribution in [0, 0.1) is 0 Å². The summed E-state index contributed by atoms with van der Waals surface area (Å²) >= 11 is 6.36. The number of nitrogens with zero attached hydrogens (tertiary/aromatic N) is 2. The Bertz CT molecular complexity index is 413. The number of aromatic nitrogens is 2. The van der Waals surface area contributed by atoms with Gasteiger partial charge in [0.05, 0.1) is 28.6 Å². The monoisotopic (exact) mass is 285 g/mol. The molecule has 1 fully saturated rings. The smallest absolute Gasteiger partial charge is 0.0865 e. The summed E-state index contributed by atoms with van der Waals surface area (Å²) in [6, 6.07) is 0.102. The maximum atomic E-state index is 6.36. The molecule has 1 aliphatic rings. The van der Waals surface area contributed by atoms with Crippen LogP contribution < -0.4 is 5.32 Å². The van der Waals surface area contributed by atoms with Gasteiger partial charge in [0.15, 0.2) is 0 Å². The van der Waals surface area contributed by atoms with Gasteiger partial charge in [0.1, 0.15) is 0 Å². The number of ether oxygens (including phenoxy) is 1. The normalized spacial score (nSPS) is 24.8. The average Bonchev–Trinajstić information content (AvgIpc) is 2.98. The maximum Gasteiger partial charge on any atom is 0.0865 e. The molecule has 2 rings (SSSR count). The van der Waals surface area contributed by atoms with Gasteiger partial charge < -0.3 is 10.1 Å². The standard InChI is InChI=1S/C14H24ClN3O/c1-4-8-16-13(14(3)7-6-9-19-14)12-11(15)10-17-18(12)5-2/h10,13,16H,4-9H2,1-3H3. The number of hydrogen-bond donors (Lipinski definition) is 1. The van der Waals surface area contributed by atoms with Crippen LogP contribution in [-0.2, 0) is 11.3 Å². The van der Waals surface area contributed by atoms with Crippen LogP contribution in [0.25, 0.3) is 0 Å². The van der Waals surface area contributed by atoms with E-state index in [1.165, 1.54) is 0 Å². The first-order valence-electron chi connectivity index (χ1n) is 7.21. The lowest BCUT2D eigenvalue weighted by Gasteiger charge is -2.34. The van der Waals surface area contributed by atoms with Crippen LogP contribution in [0.2, 0.25) is 5.02 Å². The zero-order valence-corrected chi connectivity index (χ0v) is 12.8. The predicted molar refractivity (Wildman–Crippen MR) is 77.5 cm³/mol. The molecule has 0 bridgehead atoms. The van der Waals surface area contributed by atoms with Crippen LogP contribution in [0.15, 0.2) is 6.20 Å². The van der Waals surface area contributed by atoms with Gasteiger partial charge in [0, 0.05) is 13.2 Å². The third-order valence-electron chi connectivity index (χ3n) is 3.86. The van der Waals surface area contributed by atoms with Crippen molar-refractivity contribution in [1.82, 2.24) is 15.1 Å². The topological polar surface area (TPSA) is 39.1 Å². The number of nitrogens with one attached hydrogen (secondary N) is 1. The zero-order valence-electron chi connectivity index (χ0n) is 12.1. The highest BCUT2D eigenvalue weighted by atomic mass is 35.5. The molecular weight excluding hydrogens is 262 g/mol. The SMILES string of the molecule is CCCNC(c1c(Cl)cnn1CC)C1(C)CCCO1. The highest BCUT2D eigenvalue weighted by Crippen LogP contribution is 2.39. The van der Waals surface area contributed by atoms with E-state index in [-0.39, 0.29) is 11.6 Å². The number of aryl methyl sites for hydroxylation is 1. The zero-order chi connectivity index (χ0) is 13.9. The second kappa shape index (κ2) is 6.25. The predicted octanol–water partition coefficient (Wildman–Crippen LogP) is 3.17. The fraction of sp³-hybridized carbons (Fsp3) is 0.786. The third kappa shape index (κ3) is 2.96. The Morgan fingerprint density at radius 1 is 1.58 bits per heavy atom. The number of halogens is 1. The van der Waals surface area contributed by atoms with Crippen molar-refractivity contribution in [3.8, 4) is 0 Å². The van der Waals surface area contributed by atoms with E-state index in [1.807, 2.05) is 4.68 Å². The molecule has 4 nitrogen and oxygen atoms in total. The van der Waals surface area contributed by atoms with Crippen molar-refractivity contribution >= 4 is 11.6 Å². The van der Waals surface area contributed by atoms with Crippen molar-refractivity contribution in [2.75, 3.05) is 13.2 Å². The Kier molecular flexibility index (Phi) is 4.87. The Labute approximate surface area is 120 Å². The van der Waals surface area contributed by atoms with E-state index < -0.39 is 0 Å². The third-order valence-corrected chi connectivity index (χ3v) is 4.16. The van der Waals surface area contributed by atoms with Crippen LogP contribution in [0.5, 0.6) is 0 Å². The van der Waals surface area contributed by atoms with Gasteiger partial charge in [-0.1, -0.05) is 18.5 Å². The lowest BCUT2D eigenvalue weighted by molar-refractivity contribution is -0.0147. The Hall–Kier alpha value is -0.580. The second-order valence-corrected chi connectivity index (χ2v) is 5.75. The van der Waals surface area contributed by atoms with Gasteiger partial charge in [-0.25, -0.2) is 0 Å². The van der Waals surface area contributed by atoms with E-state index in [0.29, 0.717) is 0 Å². The highest BCUT2D eigenvalue weighted by molar-refractivity contribution is 6.31. The summed E-state index contributed by atoms with van der Waals surface area (Å²) in [6.45, 7) is 9.04. The van der Waals surface area contributed by atoms with Crippen LogP contribution in [0.4, 0.5) is 0 Å². The summed E-state index contributed by atoms with van der Waals surface area (Å²) in [5.41, 5.74) is 0.869. The molecular formula is C14H24ClN3O. The molecule has 0 aromatic carbocycles. The fourth-order valence-electron chi connectivity index (χ4n) is 2.83. The second-order valence-electron chi connectivity index (χ2n) is 5.35. The molecule has 0 radical (unpaired) electrons. The molecule has 1 saturated heterocycles. The average molecular weight is 286 g/mol. The minimum atomic E-state index is -0.189. The maximum absolute atomic E-state index is 6.36. The number of rotatable bonds is 6. The van der Waals surface area contributed by atoms with Gasteiger partial charge in [-0.3, -0.25) is 4.68 Å². The first-order valence-corrected chi connectivity index (χ1v) is 7.58. The molecule has 0 amide bonds. The van der Waals surface area contributed by atoms with Crippen molar-refractivity contribution in [2.24, 2.45) is 0 Å². The van der Waals surface area contributed by atoms with Gasteiger partial charge in [0.2, 0.25) is 0 Å². The molecule has 2 heterocycles. The van der Waals surface area contributed by atoms with E-state index in [1.54, 1.807) is 6.20 Å². The molecule has 2 unspecified atom stereocenters. The first-order chi connectivity index (χ1) is 9.12. The molecule has 5 heteroatoms. The van der Waals surface area contributed by atoms with E-state index in [0.717, 1.165) is 49.7 Å². The summed E-state index contributed by atoms with van der Waals surface area (Å²) in [6.07, 6.45) is 4.99.